The van der Waals surface area contributed by atoms with Gasteiger partial charge < -0.3 is 15.5 Å². The van der Waals surface area contributed by atoms with E-state index in [1.165, 1.54) is 5.69 Å². The van der Waals surface area contributed by atoms with Crippen molar-refractivity contribution in [2.45, 2.75) is 25.3 Å². The van der Waals surface area contributed by atoms with Crippen molar-refractivity contribution >= 4 is 17.5 Å². The van der Waals surface area contributed by atoms with Gasteiger partial charge in [-0.05, 0) is 25.0 Å². The van der Waals surface area contributed by atoms with Gasteiger partial charge in [0.05, 0.1) is 0 Å². The molecule has 0 radical (unpaired) electrons. The second-order valence-corrected chi connectivity index (χ2v) is 5.06. The van der Waals surface area contributed by atoms with Gasteiger partial charge in [0.1, 0.15) is 6.04 Å². The van der Waals surface area contributed by atoms with E-state index in [9.17, 15) is 9.59 Å². The van der Waals surface area contributed by atoms with Crippen LogP contribution in [-0.2, 0) is 9.59 Å². The van der Waals surface area contributed by atoms with Crippen LogP contribution in [0.25, 0.3) is 0 Å². The van der Waals surface area contributed by atoms with Gasteiger partial charge in [-0.2, -0.15) is 0 Å². The van der Waals surface area contributed by atoms with Gasteiger partial charge in [-0.3, -0.25) is 9.59 Å². The minimum atomic E-state index is -0.339. The SMILES string of the molecule is CN(CCCNC(=O)C1CCC(=O)N1)c1ccccc1. The fourth-order valence-corrected chi connectivity index (χ4v) is 2.27. The first-order valence-electron chi connectivity index (χ1n) is 7.00. The van der Waals surface area contributed by atoms with Crippen molar-refractivity contribution in [3.05, 3.63) is 30.3 Å². The molecule has 108 valence electrons. The summed E-state index contributed by atoms with van der Waals surface area (Å²) >= 11 is 0. The van der Waals surface area contributed by atoms with E-state index in [0.29, 0.717) is 19.4 Å². The van der Waals surface area contributed by atoms with Crippen LogP contribution in [0.1, 0.15) is 19.3 Å². The monoisotopic (exact) mass is 275 g/mol. The van der Waals surface area contributed by atoms with E-state index in [1.807, 2.05) is 25.2 Å². The third kappa shape index (κ3) is 3.98. The van der Waals surface area contributed by atoms with Gasteiger partial charge in [-0.25, -0.2) is 0 Å². The quantitative estimate of drug-likeness (QED) is 0.759. The van der Waals surface area contributed by atoms with Crippen LogP contribution in [0, 0.1) is 0 Å². The van der Waals surface area contributed by atoms with E-state index < -0.39 is 0 Å². The molecule has 1 aliphatic rings. The number of carbonyl (C=O) groups is 2. The molecule has 1 unspecified atom stereocenters. The molecule has 0 bridgehead atoms. The van der Waals surface area contributed by atoms with Crippen LogP contribution in [0.5, 0.6) is 0 Å². The van der Waals surface area contributed by atoms with Gasteiger partial charge in [-0.15, -0.1) is 0 Å². The van der Waals surface area contributed by atoms with Crippen molar-refractivity contribution < 1.29 is 9.59 Å². The Morgan fingerprint density at radius 1 is 1.40 bits per heavy atom. The predicted octanol–water partition coefficient (Wildman–Crippen LogP) is 0.908. The molecule has 5 nitrogen and oxygen atoms in total. The lowest BCUT2D eigenvalue weighted by Gasteiger charge is -2.19. The zero-order valence-electron chi connectivity index (χ0n) is 11.8. The van der Waals surface area contributed by atoms with E-state index >= 15 is 0 Å². The predicted molar refractivity (Wildman–Crippen MR) is 78.5 cm³/mol. The lowest BCUT2D eigenvalue weighted by Crippen LogP contribution is -2.42. The zero-order valence-corrected chi connectivity index (χ0v) is 11.8. The molecule has 0 spiro atoms. The molecule has 2 rings (SSSR count). The molecule has 1 aliphatic heterocycles. The summed E-state index contributed by atoms with van der Waals surface area (Å²) in [7, 11) is 2.04. The number of nitrogens with one attached hydrogen (secondary N) is 2. The number of para-hydroxylation sites is 1. The molecule has 1 atom stereocenters. The maximum absolute atomic E-state index is 11.8. The average Bonchev–Trinajstić information content (AvgIpc) is 2.91. The Morgan fingerprint density at radius 2 is 2.15 bits per heavy atom. The molecule has 0 aliphatic carbocycles. The second-order valence-electron chi connectivity index (χ2n) is 5.06. The van der Waals surface area contributed by atoms with E-state index in [4.69, 9.17) is 0 Å². The van der Waals surface area contributed by atoms with Crippen molar-refractivity contribution in [1.29, 1.82) is 0 Å². The number of nitrogens with zero attached hydrogens (tertiary/aromatic N) is 1. The highest BCUT2D eigenvalue weighted by Crippen LogP contribution is 2.10. The highest BCUT2D eigenvalue weighted by Gasteiger charge is 2.26. The van der Waals surface area contributed by atoms with Crippen LogP contribution in [0.3, 0.4) is 0 Å². The highest BCUT2D eigenvalue weighted by atomic mass is 16.2. The highest BCUT2D eigenvalue weighted by molar-refractivity contribution is 5.90. The Morgan fingerprint density at radius 3 is 2.80 bits per heavy atom. The number of hydrogen-bond donors (Lipinski definition) is 2. The summed E-state index contributed by atoms with van der Waals surface area (Å²) in [4.78, 5) is 25.0. The first kappa shape index (κ1) is 14.4. The molecular formula is C15H21N3O2. The van der Waals surface area contributed by atoms with Crippen LogP contribution < -0.4 is 15.5 Å². The van der Waals surface area contributed by atoms with Gasteiger partial charge in [0, 0.05) is 32.2 Å². The van der Waals surface area contributed by atoms with Crippen LogP contribution in [-0.4, -0.2) is 38.0 Å². The number of hydrogen-bond acceptors (Lipinski definition) is 3. The summed E-state index contributed by atoms with van der Waals surface area (Å²) in [5, 5.41) is 5.54. The number of amides is 2. The topological polar surface area (TPSA) is 61.4 Å². The van der Waals surface area contributed by atoms with Gasteiger partial charge in [0.25, 0.3) is 0 Å². The summed E-state index contributed by atoms with van der Waals surface area (Å²) in [5.41, 5.74) is 1.17. The second kappa shape index (κ2) is 6.93. The Balaban J connectivity index is 1.64. The lowest BCUT2D eigenvalue weighted by molar-refractivity contribution is -0.125. The third-order valence-electron chi connectivity index (χ3n) is 3.48. The third-order valence-corrected chi connectivity index (χ3v) is 3.48. The van der Waals surface area contributed by atoms with Crippen LogP contribution in [0.2, 0.25) is 0 Å². The summed E-state index contributed by atoms with van der Waals surface area (Å²) in [6, 6.07) is 9.80. The molecule has 2 amide bonds. The van der Waals surface area contributed by atoms with Crippen molar-refractivity contribution in [1.82, 2.24) is 10.6 Å². The van der Waals surface area contributed by atoms with E-state index in [1.54, 1.807) is 0 Å². The smallest absolute Gasteiger partial charge is 0.242 e. The number of anilines is 1. The van der Waals surface area contributed by atoms with E-state index in [-0.39, 0.29) is 17.9 Å². The van der Waals surface area contributed by atoms with Gasteiger partial charge >= 0.3 is 0 Å². The molecule has 1 fully saturated rings. The minimum absolute atomic E-state index is 0.0334. The Bertz CT molecular complexity index is 461. The fourth-order valence-electron chi connectivity index (χ4n) is 2.27. The Labute approximate surface area is 119 Å². The average molecular weight is 275 g/mol. The molecule has 2 N–H and O–H groups in total. The summed E-state index contributed by atoms with van der Waals surface area (Å²) in [6.07, 6.45) is 1.93. The number of rotatable bonds is 6. The number of carbonyl (C=O) groups excluding carboxylic acids is 2. The summed E-state index contributed by atoms with van der Waals surface area (Å²) in [6.45, 7) is 1.50. The molecule has 1 saturated heterocycles. The van der Waals surface area contributed by atoms with Crippen molar-refractivity contribution in [3.8, 4) is 0 Å². The molecule has 1 aromatic carbocycles. The molecule has 5 heteroatoms. The van der Waals surface area contributed by atoms with Gasteiger partial charge in [-0.1, -0.05) is 18.2 Å². The Hall–Kier alpha value is -2.04. The van der Waals surface area contributed by atoms with E-state index in [0.717, 1.165) is 13.0 Å². The standard InChI is InChI=1S/C15H21N3O2/c1-18(12-6-3-2-4-7-12)11-5-10-16-15(20)13-8-9-14(19)17-13/h2-4,6-7,13H,5,8-11H2,1H3,(H,16,20)(H,17,19). The largest absolute Gasteiger partial charge is 0.375 e. The van der Waals surface area contributed by atoms with Crippen molar-refractivity contribution in [2.75, 3.05) is 25.0 Å². The van der Waals surface area contributed by atoms with Crippen LogP contribution in [0.15, 0.2) is 30.3 Å². The van der Waals surface area contributed by atoms with Crippen LogP contribution >= 0.6 is 0 Å². The number of benzene rings is 1. The molecule has 1 heterocycles. The molecule has 20 heavy (non-hydrogen) atoms. The summed E-state index contributed by atoms with van der Waals surface area (Å²) < 4.78 is 0. The van der Waals surface area contributed by atoms with Crippen LogP contribution in [0.4, 0.5) is 5.69 Å². The van der Waals surface area contributed by atoms with Gasteiger partial charge in [0.15, 0.2) is 0 Å². The molecule has 1 aromatic rings. The lowest BCUT2D eigenvalue weighted by atomic mass is 10.2. The minimum Gasteiger partial charge on any atom is -0.375 e. The van der Waals surface area contributed by atoms with Crippen molar-refractivity contribution in [2.24, 2.45) is 0 Å². The maximum atomic E-state index is 11.8. The summed E-state index contributed by atoms with van der Waals surface area (Å²) in [5.74, 6) is -0.104. The first-order chi connectivity index (χ1) is 9.66. The Kier molecular flexibility index (Phi) is 4.98. The molecular weight excluding hydrogens is 254 g/mol. The van der Waals surface area contributed by atoms with Crippen molar-refractivity contribution in [3.63, 3.8) is 0 Å². The molecule has 0 saturated carbocycles. The maximum Gasteiger partial charge on any atom is 0.242 e. The fraction of sp³-hybridized carbons (Fsp3) is 0.467. The first-order valence-corrected chi connectivity index (χ1v) is 7.00. The zero-order chi connectivity index (χ0) is 14.4. The van der Waals surface area contributed by atoms with Gasteiger partial charge in [0.2, 0.25) is 11.8 Å². The van der Waals surface area contributed by atoms with E-state index in [2.05, 4.69) is 27.7 Å². The normalized spacial score (nSPS) is 17.6. The molecule has 0 aromatic heterocycles.